The van der Waals surface area contributed by atoms with Crippen molar-refractivity contribution in [3.63, 3.8) is 0 Å². The SMILES string of the molecule is CCOC(=O)c1ccc(-c2cn[nH]c2CCO[Si](C)(C)C(C)(C)C)nc1. The van der Waals surface area contributed by atoms with Gasteiger partial charge in [-0.15, -0.1) is 0 Å². The molecule has 0 fully saturated rings. The Hall–Kier alpha value is -1.99. The molecule has 2 aromatic heterocycles. The number of hydrogen-bond acceptors (Lipinski definition) is 5. The molecule has 1 N–H and O–H groups in total. The Bertz CT molecular complexity index is 733. The minimum absolute atomic E-state index is 0.189. The highest BCUT2D eigenvalue weighted by Gasteiger charge is 2.36. The van der Waals surface area contributed by atoms with Gasteiger partial charge in [-0.1, -0.05) is 20.8 Å². The molecule has 0 atom stereocenters. The Morgan fingerprint density at radius 3 is 2.54 bits per heavy atom. The molecule has 0 radical (unpaired) electrons. The van der Waals surface area contributed by atoms with Crippen LogP contribution in [0.5, 0.6) is 0 Å². The molecule has 0 spiro atoms. The van der Waals surface area contributed by atoms with Gasteiger partial charge < -0.3 is 9.16 Å². The highest BCUT2D eigenvalue weighted by Crippen LogP contribution is 2.36. The van der Waals surface area contributed by atoms with Crippen LogP contribution in [0, 0.1) is 0 Å². The second-order valence-corrected chi connectivity index (χ2v) is 12.6. The number of hydrogen-bond donors (Lipinski definition) is 1. The van der Waals surface area contributed by atoms with Gasteiger partial charge in [-0.25, -0.2) is 4.79 Å². The summed E-state index contributed by atoms with van der Waals surface area (Å²) in [6, 6.07) is 3.54. The van der Waals surface area contributed by atoms with Crippen LogP contribution >= 0.6 is 0 Å². The molecular formula is C19H29N3O3Si. The monoisotopic (exact) mass is 375 g/mol. The predicted molar refractivity (Wildman–Crippen MR) is 105 cm³/mol. The van der Waals surface area contributed by atoms with Crippen molar-refractivity contribution >= 4 is 14.3 Å². The molecule has 7 heteroatoms. The van der Waals surface area contributed by atoms with Crippen molar-refractivity contribution in [2.75, 3.05) is 13.2 Å². The van der Waals surface area contributed by atoms with Crippen molar-refractivity contribution in [1.82, 2.24) is 15.2 Å². The summed E-state index contributed by atoms with van der Waals surface area (Å²) < 4.78 is 11.2. The molecule has 0 unspecified atom stereocenters. The van der Waals surface area contributed by atoms with Gasteiger partial charge in [0.05, 0.1) is 24.1 Å². The van der Waals surface area contributed by atoms with Crippen LogP contribution < -0.4 is 0 Å². The molecule has 0 saturated carbocycles. The van der Waals surface area contributed by atoms with Crippen molar-refractivity contribution < 1.29 is 14.0 Å². The lowest BCUT2D eigenvalue weighted by Crippen LogP contribution is -2.41. The fourth-order valence-electron chi connectivity index (χ4n) is 2.24. The number of aromatic amines is 1. The summed E-state index contributed by atoms with van der Waals surface area (Å²) >= 11 is 0. The Morgan fingerprint density at radius 2 is 1.96 bits per heavy atom. The molecule has 0 aliphatic heterocycles. The summed E-state index contributed by atoms with van der Waals surface area (Å²) in [7, 11) is -1.76. The molecule has 2 rings (SSSR count). The van der Waals surface area contributed by atoms with Crippen LogP contribution in [0.4, 0.5) is 0 Å². The Morgan fingerprint density at radius 1 is 1.23 bits per heavy atom. The molecule has 142 valence electrons. The van der Waals surface area contributed by atoms with E-state index in [2.05, 4.69) is 49.0 Å². The second kappa shape index (κ2) is 8.14. The molecule has 0 aromatic carbocycles. The summed E-state index contributed by atoms with van der Waals surface area (Å²) in [5.41, 5.74) is 3.13. The third kappa shape index (κ3) is 4.79. The van der Waals surface area contributed by atoms with E-state index in [1.54, 1.807) is 19.2 Å². The lowest BCUT2D eigenvalue weighted by Gasteiger charge is -2.36. The van der Waals surface area contributed by atoms with Crippen LogP contribution in [-0.4, -0.2) is 42.7 Å². The van der Waals surface area contributed by atoms with E-state index in [-0.39, 0.29) is 11.0 Å². The number of nitrogens with one attached hydrogen (secondary N) is 1. The van der Waals surface area contributed by atoms with Gasteiger partial charge in [0.2, 0.25) is 0 Å². The van der Waals surface area contributed by atoms with Crippen LogP contribution in [0.3, 0.4) is 0 Å². The van der Waals surface area contributed by atoms with Gasteiger partial charge in [-0.3, -0.25) is 10.1 Å². The van der Waals surface area contributed by atoms with Gasteiger partial charge in [-0.05, 0) is 37.2 Å². The standard InChI is InChI=1S/C19H29N3O3Si/c1-7-24-18(23)14-8-9-16(20-12-14)15-13-21-22-17(15)10-11-25-26(5,6)19(2,3)4/h8-9,12-13H,7,10-11H2,1-6H3,(H,21,22). The van der Waals surface area contributed by atoms with Gasteiger partial charge >= 0.3 is 5.97 Å². The van der Waals surface area contributed by atoms with Crippen molar-refractivity contribution in [3.05, 3.63) is 35.8 Å². The number of aromatic nitrogens is 3. The Kier molecular flexibility index (Phi) is 6.36. The first-order valence-corrected chi connectivity index (χ1v) is 11.9. The summed E-state index contributed by atoms with van der Waals surface area (Å²) in [6.07, 6.45) is 4.04. The van der Waals surface area contributed by atoms with Crippen LogP contribution in [-0.2, 0) is 15.6 Å². The zero-order valence-electron chi connectivity index (χ0n) is 16.5. The molecular weight excluding hydrogens is 346 g/mol. The van der Waals surface area contributed by atoms with E-state index >= 15 is 0 Å². The summed E-state index contributed by atoms with van der Waals surface area (Å²) in [6.45, 7) is 14.0. The van der Waals surface area contributed by atoms with E-state index in [1.165, 1.54) is 6.20 Å². The number of carbonyl (C=O) groups is 1. The fourth-order valence-corrected chi connectivity index (χ4v) is 3.28. The molecule has 2 aromatic rings. The number of rotatable bonds is 7. The van der Waals surface area contributed by atoms with E-state index < -0.39 is 8.32 Å². The van der Waals surface area contributed by atoms with Crippen LogP contribution in [0.15, 0.2) is 24.5 Å². The Balaban J connectivity index is 2.05. The van der Waals surface area contributed by atoms with Crippen molar-refractivity contribution in [2.24, 2.45) is 0 Å². The third-order valence-electron chi connectivity index (χ3n) is 4.89. The number of esters is 1. The average Bonchev–Trinajstić information content (AvgIpc) is 3.02. The number of H-pyrrole nitrogens is 1. The van der Waals surface area contributed by atoms with Gasteiger partial charge in [0, 0.05) is 30.5 Å². The maximum absolute atomic E-state index is 11.7. The summed E-state index contributed by atoms with van der Waals surface area (Å²) in [5, 5.41) is 7.38. The van der Waals surface area contributed by atoms with Gasteiger partial charge in [0.25, 0.3) is 0 Å². The highest BCUT2D eigenvalue weighted by atomic mass is 28.4. The van der Waals surface area contributed by atoms with Crippen LogP contribution in [0.25, 0.3) is 11.3 Å². The minimum atomic E-state index is -1.76. The first kappa shape index (κ1) is 20.3. The Labute approximate surface area is 156 Å². The smallest absolute Gasteiger partial charge is 0.339 e. The molecule has 0 aliphatic rings. The molecule has 0 bridgehead atoms. The molecule has 0 amide bonds. The summed E-state index contributed by atoms with van der Waals surface area (Å²) in [5.74, 6) is -0.360. The van der Waals surface area contributed by atoms with E-state index in [0.717, 1.165) is 23.4 Å². The summed E-state index contributed by atoms with van der Waals surface area (Å²) in [4.78, 5) is 16.1. The first-order valence-electron chi connectivity index (χ1n) is 8.95. The van der Waals surface area contributed by atoms with Gasteiger partial charge in [-0.2, -0.15) is 5.10 Å². The average molecular weight is 376 g/mol. The third-order valence-corrected chi connectivity index (χ3v) is 9.43. The van der Waals surface area contributed by atoms with E-state index in [0.29, 0.717) is 18.8 Å². The minimum Gasteiger partial charge on any atom is -0.462 e. The lowest BCUT2D eigenvalue weighted by atomic mass is 10.1. The first-order chi connectivity index (χ1) is 12.2. The molecule has 0 saturated heterocycles. The number of carbonyl (C=O) groups excluding carboxylic acids is 1. The van der Waals surface area contributed by atoms with Crippen molar-refractivity contribution in [1.29, 1.82) is 0 Å². The zero-order valence-corrected chi connectivity index (χ0v) is 17.5. The van der Waals surface area contributed by atoms with Crippen molar-refractivity contribution in [3.8, 4) is 11.3 Å². The maximum atomic E-state index is 11.7. The largest absolute Gasteiger partial charge is 0.462 e. The fraction of sp³-hybridized carbons (Fsp3) is 0.526. The predicted octanol–water partition coefficient (Wildman–Crippen LogP) is 4.21. The van der Waals surface area contributed by atoms with E-state index in [1.807, 2.05) is 6.07 Å². The van der Waals surface area contributed by atoms with Gasteiger partial charge in [0.15, 0.2) is 8.32 Å². The molecule has 6 nitrogen and oxygen atoms in total. The van der Waals surface area contributed by atoms with Crippen molar-refractivity contribution in [2.45, 2.75) is 52.2 Å². The molecule has 0 aliphatic carbocycles. The number of pyridine rings is 1. The quantitative estimate of drug-likeness (QED) is 0.579. The maximum Gasteiger partial charge on any atom is 0.339 e. The van der Waals surface area contributed by atoms with Crippen LogP contribution in [0.1, 0.15) is 43.7 Å². The van der Waals surface area contributed by atoms with E-state index in [4.69, 9.17) is 9.16 Å². The molecule has 2 heterocycles. The van der Waals surface area contributed by atoms with Crippen LogP contribution in [0.2, 0.25) is 18.1 Å². The molecule has 26 heavy (non-hydrogen) atoms. The lowest BCUT2D eigenvalue weighted by molar-refractivity contribution is 0.0526. The second-order valence-electron chi connectivity index (χ2n) is 7.77. The number of nitrogens with zero attached hydrogens (tertiary/aromatic N) is 2. The normalized spacial score (nSPS) is 12.2. The topological polar surface area (TPSA) is 77.1 Å². The van der Waals surface area contributed by atoms with E-state index in [9.17, 15) is 4.79 Å². The number of ether oxygens (including phenoxy) is 1. The van der Waals surface area contributed by atoms with Gasteiger partial charge in [0.1, 0.15) is 0 Å². The highest BCUT2D eigenvalue weighted by molar-refractivity contribution is 6.74. The zero-order chi connectivity index (χ0) is 19.4.